The molecule has 131 heavy (non-hydrogen) atoms. The Hall–Kier alpha value is -17.9. The molecule has 0 radical (unpaired) electrons. The predicted molar refractivity (Wildman–Crippen MR) is 536 cm³/mol. The van der Waals surface area contributed by atoms with E-state index in [4.69, 9.17) is 53.7 Å². The molecular weight excluding hydrogens is 1600 g/mol. The SMILES string of the molecule is c1ccc(-c2cc(-c3ccccc3)nc(-c3cccc(-c4ccc5c(ccc6ccc7nc(-c8ccccc8)n(-c8ccccc8)c7c65)c4)c3)n2)cc1.c1ccc(-c2nc3ccc4ccc5cc(-c6nc7ccccc7nc6-c6ccccc6)ccc5c4c3o2)cc1.c1ccc(-c2nc3ccc4ccc5ccc(-c6nc7ccccc7nc6-c6ccccc6)cc5c4c3o2)cc1. The van der Waals surface area contributed by atoms with Crippen LogP contribution in [-0.4, -0.2) is 49.4 Å². The van der Waals surface area contributed by atoms with E-state index in [-0.39, 0.29) is 0 Å². The van der Waals surface area contributed by atoms with E-state index in [0.717, 1.165) is 211 Å². The van der Waals surface area contributed by atoms with E-state index in [1.165, 1.54) is 21.5 Å². The van der Waals surface area contributed by atoms with E-state index in [1.807, 2.05) is 200 Å². The molecule has 0 N–H and O–H groups in total. The average molecular weight is 1680 g/mol. The van der Waals surface area contributed by atoms with Crippen LogP contribution in [0.15, 0.2) is 458 Å². The molecule has 12 heteroatoms. The zero-order valence-electron chi connectivity index (χ0n) is 70.5. The van der Waals surface area contributed by atoms with Gasteiger partial charge in [0, 0.05) is 77.5 Å². The fourth-order valence-corrected chi connectivity index (χ4v) is 18.2. The van der Waals surface area contributed by atoms with Gasteiger partial charge in [-0.3, -0.25) is 4.57 Å². The minimum atomic E-state index is 0.623. The van der Waals surface area contributed by atoms with Crippen LogP contribution in [0.4, 0.5) is 0 Å². The number of imidazole rings is 1. The van der Waals surface area contributed by atoms with Crippen molar-refractivity contribution in [2.45, 2.75) is 0 Å². The predicted octanol–water partition coefficient (Wildman–Crippen LogP) is 30.6. The fourth-order valence-electron chi connectivity index (χ4n) is 18.2. The summed E-state index contributed by atoms with van der Waals surface area (Å²) in [6.45, 7) is 0. The van der Waals surface area contributed by atoms with E-state index in [0.29, 0.717) is 17.6 Å². The Balaban J connectivity index is 0.000000111. The molecule has 26 rings (SSSR count). The van der Waals surface area contributed by atoms with Gasteiger partial charge in [0.25, 0.3) is 0 Å². The van der Waals surface area contributed by atoms with Crippen molar-refractivity contribution >= 4 is 120 Å². The molecule has 0 fully saturated rings. The summed E-state index contributed by atoms with van der Waals surface area (Å²) in [5, 5.41) is 13.5. The van der Waals surface area contributed by atoms with Gasteiger partial charge in [-0.2, -0.15) is 0 Å². The van der Waals surface area contributed by atoms with Crippen molar-refractivity contribution in [3.8, 4) is 130 Å². The molecule has 0 unspecified atom stereocenters. The minimum absolute atomic E-state index is 0.623. The molecule has 0 aliphatic heterocycles. The Morgan fingerprint density at radius 1 is 0.183 bits per heavy atom. The van der Waals surface area contributed by atoms with Gasteiger partial charge in [-0.25, -0.2) is 44.9 Å². The van der Waals surface area contributed by atoms with E-state index in [1.54, 1.807) is 0 Å². The van der Waals surface area contributed by atoms with Gasteiger partial charge in [-0.1, -0.05) is 340 Å². The fraction of sp³-hybridized carbons (Fsp3) is 0. The molecular formula is C119H74N10O2. The molecule has 6 heterocycles. The smallest absolute Gasteiger partial charge is 0.227 e. The lowest BCUT2D eigenvalue weighted by Crippen LogP contribution is -1.98. The second-order valence-electron chi connectivity index (χ2n) is 32.6. The summed E-state index contributed by atoms with van der Waals surface area (Å²) in [5.41, 5.74) is 27.7. The molecule has 0 amide bonds. The highest BCUT2D eigenvalue weighted by atomic mass is 16.4. The third-order valence-corrected chi connectivity index (χ3v) is 24.5. The van der Waals surface area contributed by atoms with Crippen molar-refractivity contribution in [3.05, 3.63) is 449 Å². The second-order valence-corrected chi connectivity index (χ2v) is 32.6. The van der Waals surface area contributed by atoms with Gasteiger partial charge in [0.05, 0.1) is 67.3 Å². The molecule has 0 atom stereocenters. The van der Waals surface area contributed by atoms with Crippen LogP contribution in [-0.2, 0) is 0 Å². The summed E-state index contributed by atoms with van der Waals surface area (Å²) < 4.78 is 15.1. The maximum absolute atomic E-state index is 6.43. The maximum atomic E-state index is 6.43. The topological polar surface area (TPSA) is 147 Å². The van der Waals surface area contributed by atoms with Crippen molar-refractivity contribution in [2.75, 3.05) is 0 Å². The third kappa shape index (κ3) is 14.4. The van der Waals surface area contributed by atoms with Crippen molar-refractivity contribution in [1.82, 2.24) is 49.4 Å². The first-order valence-corrected chi connectivity index (χ1v) is 43.8. The number of para-hydroxylation sites is 5. The molecule has 612 valence electrons. The normalized spacial score (nSPS) is 11.5. The molecule has 20 aromatic carbocycles. The lowest BCUT2D eigenvalue weighted by Gasteiger charge is -2.13. The van der Waals surface area contributed by atoms with Crippen LogP contribution in [0.5, 0.6) is 0 Å². The number of hydrogen-bond donors (Lipinski definition) is 0. The number of oxazole rings is 2. The Bertz CT molecular complexity index is 8830. The second kappa shape index (κ2) is 32.9. The summed E-state index contributed by atoms with van der Waals surface area (Å²) in [5.74, 6) is 2.88. The molecule has 6 aromatic heterocycles. The number of fused-ring (bicyclic) bond motifs is 17. The number of aromatic nitrogens is 10. The van der Waals surface area contributed by atoms with Crippen LogP contribution < -0.4 is 0 Å². The van der Waals surface area contributed by atoms with Crippen LogP contribution in [0, 0.1) is 0 Å². The zero-order chi connectivity index (χ0) is 86.7. The number of nitrogens with zero attached hydrogens (tertiary/aromatic N) is 10. The Morgan fingerprint density at radius 3 is 1.03 bits per heavy atom. The van der Waals surface area contributed by atoms with Gasteiger partial charge in [0.1, 0.15) is 16.9 Å². The zero-order valence-corrected chi connectivity index (χ0v) is 70.5. The number of rotatable bonds is 12. The minimum Gasteiger partial charge on any atom is -0.435 e. The summed E-state index contributed by atoms with van der Waals surface area (Å²) in [6.07, 6.45) is 0. The van der Waals surface area contributed by atoms with Gasteiger partial charge in [0.2, 0.25) is 11.8 Å². The van der Waals surface area contributed by atoms with Crippen molar-refractivity contribution in [2.24, 2.45) is 0 Å². The van der Waals surface area contributed by atoms with E-state index in [2.05, 4.69) is 253 Å². The van der Waals surface area contributed by atoms with E-state index < -0.39 is 0 Å². The lowest BCUT2D eigenvalue weighted by molar-refractivity contribution is 0.623. The molecule has 26 aromatic rings. The Kier molecular flexibility index (Phi) is 19.3. The van der Waals surface area contributed by atoms with E-state index >= 15 is 0 Å². The van der Waals surface area contributed by atoms with Crippen LogP contribution in [0.3, 0.4) is 0 Å². The molecule has 12 nitrogen and oxygen atoms in total. The molecule has 0 aliphatic rings. The summed E-state index contributed by atoms with van der Waals surface area (Å²) in [4.78, 5) is 45.3. The highest BCUT2D eigenvalue weighted by Crippen LogP contribution is 2.44. The van der Waals surface area contributed by atoms with Crippen LogP contribution in [0.1, 0.15) is 0 Å². The first-order chi connectivity index (χ1) is 64.9. The molecule has 0 spiro atoms. The van der Waals surface area contributed by atoms with Gasteiger partial charge in [-0.15, -0.1) is 0 Å². The number of benzene rings is 20. The van der Waals surface area contributed by atoms with E-state index in [9.17, 15) is 0 Å². The lowest BCUT2D eigenvalue weighted by atomic mass is 9.96. The quantitative estimate of drug-likeness (QED) is 0.108. The van der Waals surface area contributed by atoms with Gasteiger partial charge in [0.15, 0.2) is 17.0 Å². The summed E-state index contributed by atoms with van der Waals surface area (Å²) >= 11 is 0. The standard InChI is InChI=1S/C49H32N4.2C35H21N3O/c1-5-14-33(15-6-1)44-32-45(34-16-7-2-8-17-34)51-48(50-44)40-21-13-20-37(31-40)38-26-28-42-39(30-38)25-24-35-27-29-43-47(46(35)42)53(41-22-11-4-12-23-41)49(52-43)36-18-9-3-10-19-36;1-3-9-24(10-4-1)32-33(37-29-14-8-7-13-28(29)36-32)26-18-16-22-15-17-23-19-20-30-34(31(23)27(22)21-26)39-35(38-30)25-11-5-2-6-12-25;1-3-9-23(10-4-1)32-33(37-29-14-8-7-13-28(29)36-32)26-17-19-27-25(21-26)16-15-22-18-20-30-34(31(22)27)39-35(38-30)24-11-5-2-6-12-24/h1-32H;2*1-21H. The largest absolute Gasteiger partial charge is 0.435 e. The summed E-state index contributed by atoms with van der Waals surface area (Å²) in [6, 6.07) is 154. The van der Waals surface area contributed by atoms with Crippen molar-refractivity contribution in [3.63, 3.8) is 0 Å². The maximum Gasteiger partial charge on any atom is 0.227 e. The first-order valence-electron chi connectivity index (χ1n) is 43.8. The number of hydrogen-bond acceptors (Lipinski definition) is 11. The molecule has 0 aliphatic carbocycles. The van der Waals surface area contributed by atoms with Crippen LogP contribution >= 0.6 is 0 Å². The van der Waals surface area contributed by atoms with Crippen LogP contribution in [0.2, 0.25) is 0 Å². The van der Waals surface area contributed by atoms with Gasteiger partial charge < -0.3 is 8.83 Å². The van der Waals surface area contributed by atoms with Gasteiger partial charge >= 0.3 is 0 Å². The van der Waals surface area contributed by atoms with Crippen LogP contribution in [0.25, 0.3) is 250 Å². The first kappa shape index (κ1) is 76.8. The molecule has 0 saturated carbocycles. The van der Waals surface area contributed by atoms with Crippen molar-refractivity contribution < 1.29 is 8.83 Å². The molecule has 0 bridgehead atoms. The third-order valence-electron chi connectivity index (χ3n) is 24.5. The molecule has 0 saturated heterocycles. The van der Waals surface area contributed by atoms with Gasteiger partial charge in [-0.05, 0) is 169 Å². The Morgan fingerprint density at radius 2 is 0.527 bits per heavy atom. The summed E-state index contributed by atoms with van der Waals surface area (Å²) in [7, 11) is 0. The van der Waals surface area contributed by atoms with Crippen molar-refractivity contribution in [1.29, 1.82) is 0 Å². The highest BCUT2D eigenvalue weighted by molar-refractivity contribution is 6.22. The highest BCUT2D eigenvalue weighted by Gasteiger charge is 2.24. The Labute approximate surface area is 752 Å². The average Bonchev–Trinajstić information content (AvgIpc) is 1.59. The monoisotopic (exact) mass is 1670 g/mol.